The van der Waals surface area contributed by atoms with E-state index in [9.17, 15) is 4.79 Å². The van der Waals surface area contributed by atoms with Crippen molar-refractivity contribution >= 4 is 14.6 Å². The minimum absolute atomic E-state index is 0.0230. The van der Waals surface area contributed by atoms with Gasteiger partial charge in [-0.15, -0.1) is 0 Å². The average molecular weight is 353 g/mol. The third-order valence-corrected chi connectivity index (χ3v) is 9.31. The summed E-state index contributed by atoms with van der Waals surface area (Å²) in [5.41, 5.74) is 1.01. The van der Waals surface area contributed by atoms with Crippen LogP contribution in [0.2, 0.25) is 18.1 Å². The number of aldehydes is 1. The lowest BCUT2D eigenvalue weighted by molar-refractivity contribution is -0.123. The van der Waals surface area contributed by atoms with E-state index in [2.05, 4.69) is 33.9 Å². The average Bonchev–Trinajstić information content (AvgIpc) is 2.53. The van der Waals surface area contributed by atoms with Crippen LogP contribution >= 0.6 is 0 Å². The van der Waals surface area contributed by atoms with Crippen LogP contribution in [-0.4, -0.2) is 34.4 Å². The molecule has 0 aromatic heterocycles. The van der Waals surface area contributed by atoms with Gasteiger partial charge in [-0.1, -0.05) is 39.8 Å². The number of ether oxygens (including phenoxy) is 2. The van der Waals surface area contributed by atoms with E-state index in [1.807, 2.05) is 31.2 Å². The van der Waals surface area contributed by atoms with Crippen LogP contribution in [0.3, 0.4) is 0 Å². The molecule has 0 spiro atoms. The second-order valence-corrected chi connectivity index (χ2v) is 12.6. The Kier molecular flexibility index (Phi) is 7.64. The molecule has 2 atom stereocenters. The second-order valence-electron chi connectivity index (χ2n) is 7.81. The summed E-state index contributed by atoms with van der Waals surface area (Å²) >= 11 is 0. The molecule has 0 amide bonds. The molecular weight excluding hydrogens is 320 g/mol. The zero-order valence-corrected chi connectivity index (χ0v) is 17.1. The van der Waals surface area contributed by atoms with Crippen molar-refractivity contribution in [2.75, 3.05) is 13.7 Å². The molecule has 0 bridgehead atoms. The highest BCUT2D eigenvalue weighted by Crippen LogP contribution is 2.36. The van der Waals surface area contributed by atoms with E-state index in [1.165, 1.54) is 0 Å². The van der Waals surface area contributed by atoms with Gasteiger partial charge in [0.2, 0.25) is 0 Å². The van der Waals surface area contributed by atoms with E-state index >= 15 is 0 Å². The fraction of sp³-hybridized carbons (Fsp3) is 0.632. The maximum Gasteiger partial charge on any atom is 0.191 e. The topological polar surface area (TPSA) is 44.8 Å². The van der Waals surface area contributed by atoms with Crippen molar-refractivity contribution in [1.29, 1.82) is 0 Å². The van der Waals surface area contributed by atoms with Crippen LogP contribution in [0.15, 0.2) is 24.3 Å². The van der Waals surface area contributed by atoms with Crippen LogP contribution in [0.4, 0.5) is 0 Å². The molecule has 0 aliphatic rings. The molecule has 1 aromatic carbocycles. The molecule has 0 saturated carbocycles. The number of hydrogen-bond donors (Lipinski definition) is 0. The molecule has 5 heteroatoms. The number of methoxy groups -OCH3 is 1. The Morgan fingerprint density at radius 3 is 2.21 bits per heavy atom. The van der Waals surface area contributed by atoms with Crippen LogP contribution in [0.1, 0.15) is 33.3 Å². The van der Waals surface area contributed by atoms with E-state index < -0.39 is 14.4 Å². The maximum atomic E-state index is 11.4. The lowest BCUT2D eigenvalue weighted by atomic mass is 10.1. The van der Waals surface area contributed by atoms with Gasteiger partial charge in [0.25, 0.3) is 0 Å². The molecule has 0 aliphatic carbocycles. The summed E-state index contributed by atoms with van der Waals surface area (Å²) in [7, 11) is -0.172. The number of benzene rings is 1. The number of carbonyl (C=O) groups is 1. The van der Waals surface area contributed by atoms with Crippen LogP contribution in [0.5, 0.6) is 5.75 Å². The standard InChI is InChI=1S/C19H32O4Si/c1-15(13-23-24(6,7)19(2,3)4)18(12-20)22-14-16-8-10-17(21-5)11-9-16/h8-12,15,18H,13-14H2,1-7H3/t15-,18-/m1/s1. The van der Waals surface area contributed by atoms with Gasteiger partial charge in [0, 0.05) is 12.5 Å². The Hall–Kier alpha value is -1.17. The van der Waals surface area contributed by atoms with E-state index in [0.717, 1.165) is 17.6 Å². The van der Waals surface area contributed by atoms with Crippen LogP contribution in [0, 0.1) is 5.92 Å². The van der Waals surface area contributed by atoms with Gasteiger partial charge in [0.1, 0.15) is 18.1 Å². The molecule has 1 rings (SSSR count). The fourth-order valence-corrected chi connectivity index (χ4v) is 3.02. The highest BCUT2D eigenvalue weighted by atomic mass is 28.4. The third-order valence-electron chi connectivity index (χ3n) is 4.81. The van der Waals surface area contributed by atoms with Crippen LogP contribution in [0.25, 0.3) is 0 Å². The Labute approximate surface area is 147 Å². The minimum atomic E-state index is -1.81. The normalized spacial score (nSPS) is 15.0. The van der Waals surface area contributed by atoms with Crippen molar-refractivity contribution in [3.8, 4) is 5.75 Å². The van der Waals surface area contributed by atoms with Gasteiger partial charge >= 0.3 is 0 Å². The first-order valence-corrected chi connectivity index (χ1v) is 11.4. The summed E-state index contributed by atoms with van der Waals surface area (Å²) in [6, 6.07) is 7.66. The molecule has 0 unspecified atom stereocenters. The minimum Gasteiger partial charge on any atom is -0.497 e. The van der Waals surface area contributed by atoms with Gasteiger partial charge in [0.15, 0.2) is 8.32 Å². The predicted octanol–water partition coefficient (Wildman–Crippen LogP) is 4.44. The van der Waals surface area contributed by atoms with E-state index in [-0.39, 0.29) is 11.0 Å². The monoisotopic (exact) mass is 352 g/mol. The van der Waals surface area contributed by atoms with Crippen LogP contribution in [-0.2, 0) is 20.6 Å². The van der Waals surface area contributed by atoms with Gasteiger partial charge in [-0.3, -0.25) is 0 Å². The van der Waals surface area contributed by atoms with Gasteiger partial charge in [-0.25, -0.2) is 0 Å². The summed E-state index contributed by atoms with van der Waals surface area (Å²) < 4.78 is 17.1. The quantitative estimate of drug-likeness (QED) is 0.487. The molecule has 0 saturated heterocycles. The van der Waals surface area contributed by atoms with Gasteiger partial charge in [-0.2, -0.15) is 0 Å². The van der Waals surface area contributed by atoms with E-state index in [0.29, 0.717) is 13.2 Å². The fourth-order valence-electron chi connectivity index (χ4n) is 1.90. The lowest BCUT2D eigenvalue weighted by Gasteiger charge is -2.37. The Balaban J connectivity index is 2.54. The summed E-state index contributed by atoms with van der Waals surface area (Å²) in [5.74, 6) is 0.830. The Morgan fingerprint density at radius 1 is 1.17 bits per heavy atom. The molecule has 136 valence electrons. The molecule has 0 fully saturated rings. The van der Waals surface area contributed by atoms with E-state index in [4.69, 9.17) is 13.9 Å². The van der Waals surface area contributed by atoms with Crippen molar-refractivity contribution in [1.82, 2.24) is 0 Å². The zero-order valence-electron chi connectivity index (χ0n) is 16.1. The molecule has 0 N–H and O–H groups in total. The van der Waals surface area contributed by atoms with Gasteiger partial charge in [0.05, 0.1) is 13.7 Å². The van der Waals surface area contributed by atoms with Crippen LogP contribution < -0.4 is 4.74 Å². The third kappa shape index (κ3) is 6.04. The maximum absolute atomic E-state index is 11.4. The first-order chi connectivity index (χ1) is 11.1. The Morgan fingerprint density at radius 2 is 1.75 bits per heavy atom. The highest BCUT2D eigenvalue weighted by Gasteiger charge is 2.37. The largest absolute Gasteiger partial charge is 0.497 e. The second kappa shape index (κ2) is 8.79. The molecule has 0 radical (unpaired) electrons. The summed E-state index contributed by atoms with van der Waals surface area (Å²) in [4.78, 5) is 11.4. The number of hydrogen-bond acceptors (Lipinski definition) is 4. The summed E-state index contributed by atoms with van der Waals surface area (Å²) in [6.07, 6.45) is 0.417. The highest BCUT2D eigenvalue weighted by molar-refractivity contribution is 6.74. The van der Waals surface area contributed by atoms with Crippen molar-refractivity contribution in [3.05, 3.63) is 29.8 Å². The molecular formula is C19H32O4Si. The Bertz CT molecular complexity index is 505. The number of carbonyl (C=O) groups excluding carboxylic acids is 1. The zero-order chi connectivity index (χ0) is 18.4. The van der Waals surface area contributed by atoms with Crippen molar-refractivity contribution in [2.45, 2.75) is 58.5 Å². The van der Waals surface area contributed by atoms with Gasteiger partial charge < -0.3 is 18.7 Å². The molecule has 4 nitrogen and oxygen atoms in total. The molecule has 0 heterocycles. The molecule has 1 aromatic rings. The van der Waals surface area contributed by atoms with Gasteiger partial charge in [-0.05, 0) is 35.8 Å². The SMILES string of the molecule is COc1ccc(CO[C@H](C=O)[C@H](C)CO[Si](C)(C)C(C)(C)C)cc1. The first kappa shape index (κ1) is 20.9. The first-order valence-electron chi connectivity index (χ1n) is 8.44. The van der Waals surface area contributed by atoms with E-state index in [1.54, 1.807) is 7.11 Å². The summed E-state index contributed by atoms with van der Waals surface area (Å²) in [6.45, 7) is 14.0. The predicted molar refractivity (Wildman–Crippen MR) is 99.9 cm³/mol. The van der Waals surface area contributed by atoms with Crippen molar-refractivity contribution in [3.63, 3.8) is 0 Å². The molecule has 24 heavy (non-hydrogen) atoms. The number of rotatable bonds is 9. The van der Waals surface area contributed by atoms with Crippen molar-refractivity contribution in [2.24, 2.45) is 5.92 Å². The van der Waals surface area contributed by atoms with Crippen molar-refractivity contribution < 1.29 is 18.7 Å². The lowest BCUT2D eigenvalue weighted by Crippen LogP contribution is -2.43. The molecule has 0 aliphatic heterocycles. The summed E-state index contributed by atoms with van der Waals surface area (Å²) in [5, 5.41) is 0.160. The smallest absolute Gasteiger partial charge is 0.191 e.